The molecular formula is C12H13FN4O2S2. The molecule has 0 saturated heterocycles. The lowest BCUT2D eigenvalue weighted by molar-refractivity contribution is 0.571. The third kappa shape index (κ3) is 3.63. The summed E-state index contributed by atoms with van der Waals surface area (Å²) in [6, 6.07) is 4.15. The second-order valence-electron chi connectivity index (χ2n) is 4.33. The number of benzene rings is 1. The first-order valence-corrected chi connectivity index (χ1v) is 7.78. The number of hydrogen-bond acceptors (Lipinski definition) is 4. The topological polar surface area (TPSA) is 101 Å². The first-order chi connectivity index (χ1) is 9.79. The molecule has 112 valence electrons. The summed E-state index contributed by atoms with van der Waals surface area (Å²) >= 11 is 4.74. The van der Waals surface area contributed by atoms with Gasteiger partial charge in [0.25, 0.3) is 10.0 Å². The monoisotopic (exact) mass is 328 g/mol. The summed E-state index contributed by atoms with van der Waals surface area (Å²) in [4.78, 5) is 6.49. The molecule has 0 aliphatic heterocycles. The molecule has 1 aromatic carbocycles. The second kappa shape index (κ2) is 5.88. The number of aryl methyl sites for hydroxylation is 1. The van der Waals surface area contributed by atoms with Gasteiger partial charge in [0.2, 0.25) is 0 Å². The Hall–Kier alpha value is -1.84. The number of imidazole rings is 1. The molecule has 0 unspecified atom stereocenters. The lowest BCUT2D eigenvalue weighted by atomic mass is 10.1. The van der Waals surface area contributed by atoms with Crippen LogP contribution < -0.4 is 10.5 Å². The van der Waals surface area contributed by atoms with Crippen molar-refractivity contribution in [2.45, 2.75) is 18.5 Å². The zero-order chi connectivity index (χ0) is 15.6. The fourth-order valence-corrected chi connectivity index (χ4v) is 2.73. The zero-order valence-corrected chi connectivity index (χ0v) is 12.7. The number of thiocarbonyl (C=S) groups is 1. The number of halogens is 1. The summed E-state index contributed by atoms with van der Waals surface area (Å²) in [6.07, 6.45) is 1.20. The Balaban J connectivity index is 2.15. The van der Waals surface area contributed by atoms with E-state index in [1.54, 1.807) is 6.92 Å². The summed E-state index contributed by atoms with van der Waals surface area (Å²) in [6.45, 7) is 1.44. The van der Waals surface area contributed by atoms with Crippen molar-refractivity contribution < 1.29 is 12.8 Å². The lowest BCUT2D eigenvalue weighted by Crippen LogP contribution is -2.24. The molecule has 0 amide bonds. The number of rotatable bonds is 5. The fourth-order valence-electron chi connectivity index (χ4n) is 1.63. The summed E-state index contributed by atoms with van der Waals surface area (Å²) in [5.41, 5.74) is 5.97. The van der Waals surface area contributed by atoms with Crippen LogP contribution in [-0.4, -0.2) is 23.4 Å². The third-order valence-electron chi connectivity index (χ3n) is 2.76. The normalized spacial score (nSPS) is 11.5. The molecule has 0 aliphatic rings. The van der Waals surface area contributed by atoms with Crippen molar-refractivity contribution in [3.63, 3.8) is 0 Å². The molecule has 1 aromatic heterocycles. The van der Waals surface area contributed by atoms with Crippen molar-refractivity contribution in [1.82, 2.24) is 14.7 Å². The molecule has 2 aromatic rings. The first kappa shape index (κ1) is 15.5. The number of H-pyrrole nitrogens is 1. The van der Waals surface area contributed by atoms with Crippen LogP contribution in [-0.2, 0) is 16.6 Å². The number of nitrogens with one attached hydrogen (secondary N) is 2. The largest absolute Gasteiger partial charge is 0.389 e. The Morgan fingerprint density at radius 1 is 1.52 bits per heavy atom. The van der Waals surface area contributed by atoms with Gasteiger partial charge >= 0.3 is 0 Å². The van der Waals surface area contributed by atoms with Gasteiger partial charge in [-0.3, -0.25) is 0 Å². The van der Waals surface area contributed by atoms with Crippen LogP contribution >= 0.6 is 12.2 Å². The van der Waals surface area contributed by atoms with Crippen LogP contribution in [0.4, 0.5) is 4.39 Å². The first-order valence-electron chi connectivity index (χ1n) is 5.89. The summed E-state index contributed by atoms with van der Waals surface area (Å²) in [5.74, 6) is -0.105. The fraction of sp³-hybridized carbons (Fsp3) is 0.167. The van der Waals surface area contributed by atoms with E-state index in [-0.39, 0.29) is 22.1 Å². The molecule has 0 saturated carbocycles. The van der Waals surface area contributed by atoms with E-state index in [0.717, 1.165) is 0 Å². The van der Waals surface area contributed by atoms with E-state index >= 15 is 0 Å². The van der Waals surface area contributed by atoms with Gasteiger partial charge in [-0.25, -0.2) is 22.5 Å². The summed E-state index contributed by atoms with van der Waals surface area (Å²) in [7, 11) is -3.77. The lowest BCUT2D eigenvalue weighted by Gasteiger charge is -2.07. The summed E-state index contributed by atoms with van der Waals surface area (Å²) < 4.78 is 40.0. The van der Waals surface area contributed by atoms with Crippen molar-refractivity contribution in [2.75, 3.05) is 0 Å². The van der Waals surface area contributed by atoms with E-state index in [4.69, 9.17) is 18.0 Å². The van der Waals surface area contributed by atoms with Crippen molar-refractivity contribution in [3.8, 4) is 0 Å². The van der Waals surface area contributed by atoms with Gasteiger partial charge in [-0.2, -0.15) is 0 Å². The van der Waals surface area contributed by atoms with Gasteiger partial charge in [-0.1, -0.05) is 24.4 Å². The van der Waals surface area contributed by atoms with Crippen LogP contribution in [0.5, 0.6) is 0 Å². The maximum absolute atomic E-state index is 13.8. The number of nitrogens with zero attached hydrogens (tertiary/aromatic N) is 1. The van der Waals surface area contributed by atoms with Gasteiger partial charge in [-0.05, 0) is 13.0 Å². The third-order valence-corrected chi connectivity index (χ3v) is 4.31. The van der Waals surface area contributed by atoms with Gasteiger partial charge in [-0.15, -0.1) is 0 Å². The highest BCUT2D eigenvalue weighted by atomic mass is 32.2. The highest BCUT2D eigenvalue weighted by Gasteiger charge is 2.17. The number of hydrogen-bond donors (Lipinski definition) is 3. The van der Waals surface area contributed by atoms with E-state index in [9.17, 15) is 12.8 Å². The highest BCUT2D eigenvalue weighted by Crippen LogP contribution is 2.12. The van der Waals surface area contributed by atoms with Gasteiger partial charge in [0.05, 0.1) is 6.20 Å². The Morgan fingerprint density at radius 3 is 2.76 bits per heavy atom. The number of nitrogens with two attached hydrogens (primary N) is 1. The average molecular weight is 328 g/mol. The Labute approximate surface area is 126 Å². The minimum Gasteiger partial charge on any atom is -0.389 e. The molecular weight excluding hydrogens is 315 g/mol. The van der Waals surface area contributed by atoms with Crippen LogP contribution in [0.3, 0.4) is 0 Å². The SMILES string of the molecule is Cc1ncc(S(=O)(=O)NCc2ccc(C(N)=S)cc2F)[nH]1. The molecule has 2 rings (SSSR count). The van der Waals surface area contributed by atoms with Crippen molar-refractivity contribution in [3.05, 3.63) is 47.2 Å². The molecule has 9 heteroatoms. The molecule has 0 aliphatic carbocycles. The Kier molecular flexibility index (Phi) is 4.35. The van der Waals surface area contributed by atoms with Gasteiger partial charge in [0.1, 0.15) is 16.6 Å². The molecule has 21 heavy (non-hydrogen) atoms. The molecule has 0 atom stereocenters. The van der Waals surface area contributed by atoms with Crippen molar-refractivity contribution >= 4 is 27.2 Å². The van der Waals surface area contributed by atoms with E-state index in [1.165, 1.54) is 24.4 Å². The van der Waals surface area contributed by atoms with E-state index in [0.29, 0.717) is 11.4 Å². The van der Waals surface area contributed by atoms with Crippen LogP contribution in [0.25, 0.3) is 0 Å². The minimum absolute atomic E-state index is 0.0693. The van der Waals surface area contributed by atoms with Gasteiger partial charge < -0.3 is 10.7 Å². The molecule has 6 nitrogen and oxygen atoms in total. The summed E-state index contributed by atoms with van der Waals surface area (Å²) in [5, 5.41) is -0.0693. The van der Waals surface area contributed by atoms with E-state index < -0.39 is 15.8 Å². The average Bonchev–Trinajstić information content (AvgIpc) is 2.84. The minimum atomic E-state index is -3.77. The smallest absolute Gasteiger partial charge is 0.257 e. The zero-order valence-electron chi connectivity index (χ0n) is 11.1. The number of aromatic nitrogens is 2. The molecule has 0 spiro atoms. The van der Waals surface area contributed by atoms with Crippen LogP contribution in [0, 0.1) is 12.7 Å². The van der Waals surface area contributed by atoms with Gasteiger partial charge in [0, 0.05) is 17.7 Å². The molecule has 0 fully saturated rings. The molecule has 1 heterocycles. The van der Waals surface area contributed by atoms with Gasteiger partial charge in [0.15, 0.2) is 5.03 Å². The maximum atomic E-state index is 13.8. The van der Waals surface area contributed by atoms with Crippen LogP contribution in [0.2, 0.25) is 0 Å². The van der Waals surface area contributed by atoms with Crippen molar-refractivity contribution in [2.24, 2.45) is 5.73 Å². The number of aromatic amines is 1. The predicted octanol–water partition coefficient (Wildman–Crippen LogP) is 0.970. The maximum Gasteiger partial charge on any atom is 0.257 e. The van der Waals surface area contributed by atoms with E-state index in [2.05, 4.69) is 14.7 Å². The Morgan fingerprint density at radius 2 is 2.24 bits per heavy atom. The molecule has 0 bridgehead atoms. The second-order valence-corrected chi connectivity index (χ2v) is 6.50. The molecule has 0 radical (unpaired) electrons. The highest BCUT2D eigenvalue weighted by molar-refractivity contribution is 7.89. The predicted molar refractivity (Wildman–Crippen MR) is 79.6 cm³/mol. The number of sulfonamides is 1. The standard InChI is InChI=1S/C12H13FN4O2S2/c1-7-15-6-11(17-7)21(18,19)16-5-9-3-2-8(12(14)20)4-10(9)13/h2-4,6,16H,5H2,1H3,(H2,14,20)(H,15,17). The quantitative estimate of drug-likeness (QED) is 0.710. The van der Waals surface area contributed by atoms with Crippen molar-refractivity contribution in [1.29, 1.82) is 0 Å². The molecule has 4 N–H and O–H groups in total. The van der Waals surface area contributed by atoms with Crippen LogP contribution in [0.15, 0.2) is 29.4 Å². The van der Waals surface area contributed by atoms with Crippen LogP contribution in [0.1, 0.15) is 17.0 Å². The Bertz CT molecular complexity index is 786. The van der Waals surface area contributed by atoms with E-state index in [1.807, 2.05) is 0 Å².